The summed E-state index contributed by atoms with van der Waals surface area (Å²) >= 11 is 0. The second-order valence-electron chi connectivity index (χ2n) is 7.41. The van der Waals surface area contributed by atoms with E-state index in [1.54, 1.807) is 7.05 Å². The Morgan fingerprint density at radius 1 is 1.06 bits per heavy atom. The Balaban J connectivity index is 0.00000363. The number of rotatable bonds is 8. The van der Waals surface area contributed by atoms with Crippen molar-refractivity contribution in [1.29, 1.82) is 0 Å². The number of carbonyl (C=O) groups excluding carboxylic acids is 1. The van der Waals surface area contributed by atoms with Crippen molar-refractivity contribution in [1.82, 2.24) is 15.5 Å². The van der Waals surface area contributed by atoms with Crippen LogP contribution in [0.15, 0.2) is 59.6 Å². The highest BCUT2D eigenvalue weighted by atomic mass is 127. The van der Waals surface area contributed by atoms with Crippen LogP contribution in [-0.4, -0.2) is 56.2 Å². The number of piperidine rings is 1. The molecule has 0 aliphatic carbocycles. The Bertz CT molecular complexity index is 855. The van der Waals surface area contributed by atoms with E-state index in [1.807, 2.05) is 61.5 Å². The van der Waals surface area contributed by atoms with E-state index in [9.17, 15) is 4.79 Å². The molecular formula is C24H33IN4O3. The van der Waals surface area contributed by atoms with Crippen LogP contribution < -0.4 is 20.1 Å². The molecule has 0 atom stereocenters. The minimum Gasteiger partial charge on any atom is -0.490 e. The van der Waals surface area contributed by atoms with Crippen LogP contribution in [0.5, 0.6) is 11.5 Å². The predicted molar refractivity (Wildman–Crippen MR) is 138 cm³/mol. The Hall–Kier alpha value is -2.49. The quantitative estimate of drug-likeness (QED) is 0.298. The highest BCUT2D eigenvalue weighted by Gasteiger charge is 2.22. The smallest absolute Gasteiger partial charge is 0.257 e. The fourth-order valence-corrected chi connectivity index (χ4v) is 3.53. The molecule has 2 aromatic rings. The van der Waals surface area contributed by atoms with Gasteiger partial charge in [-0.05, 0) is 36.8 Å². The number of carbonyl (C=O) groups is 1. The van der Waals surface area contributed by atoms with E-state index in [0.29, 0.717) is 18.8 Å². The van der Waals surface area contributed by atoms with Gasteiger partial charge in [0.1, 0.15) is 17.6 Å². The van der Waals surface area contributed by atoms with Crippen LogP contribution in [0.25, 0.3) is 0 Å². The number of halogens is 1. The molecule has 0 aromatic heterocycles. The standard InChI is InChI=1S/C24H32N4O3.HI/c1-3-26-23(29)18-30-22-11-7-8-19(16-22)17-27-24(25-2)28-14-12-21(13-15-28)31-20-9-5-4-6-10-20;/h4-11,16,21H,3,12-15,17-18H2,1-2H3,(H,25,27)(H,26,29);1H. The van der Waals surface area contributed by atoms with Crippen molar-refractivity contribution in [2.45, 2.75) is 32.4 Å². The van der Waals surface area contributed by atoms with Crippen LogP contribution in [0.2, 0.25) is 0 Å². The van der Waals surface area contributed by atoms with Crippen molar-refractivity contribution < 1.29 is 14.3 Å². The lowest BCUT2D eigenvalue weighted by molar-refractivity contribution is -0.122. The maximum absolute atomic E-state index is 11.6. The molecular weight excluding hydrogens is 519 g/mol. The summed E-state index contributed by atoms with van der Waals surface area (Å²) in [4.78, 5) is 18.3. The number of guanidine groups is 1. The second kappa shape index (κ2) is 13.8. The minimum atomic E-state index is -0.119. The number of aliphatic imine (C=N–C) groups is 1. The first-order valence-electron chi connectivity index (χ1n) is 10.8. The lowest BCUT2D eigenvalue weighted by Crippen LogP contribution is -2.47. The highest BCUT2D eigenvalue weighted by Crippen LogP contribution is 2.19. The van der Waals surface area contributed by atoms with Gasteiger partial charge in [-0.1, -0.05) is 30.3 Å². The maximum Gasteiger partial charge on any atom is 0.257 e. The summed E-state index contributed by atoms with van der Waals surface area (Å²) in [5.41, 5.74) is 1.07. The molecule has 1 amide bonds. The number of amides is 1. The van der Waals surface area contributed by atoms with Crippen molar-refractivity contribution >= 4 is 35.8 Å². The van der Waals surface area contributed by atoms with E-state index < -0.39 is 0 Å². The molecule has 0 radical (unpaired) electrons. The zero-order chi connectivity index (χ0) is 21.9. The van der Waals surface area contributed by atoms with Crippen molar-refractivity contribution in [2.75, 3.05) is 33.3 Å². The van der Waals surface area contributed by atoms with Gasteiger partial charge < -0.3 is 25.0 Å². The number of benzene rings is 2. The van der Waals surface area contributed by atoms with Crippen molar-refractivity contribution in [2.24, 2.45) is 4.99 Å². The second-order valence-corrected chi connectivity index (χ2v) is 7.41. The van der Waals surface area contributed by atoms with E-state index in [-0.39, 0.29) is 42.6 Å². The Labute approximate surface area is 207 Å². The zero-order valence-electron chi connectivity index (χ0n) is 18.8. The first kappa shape index (κ1) is 25.8. The number of hydrogen-bond acceptors (Lipinski definition) is 4. The van der Waals surface area contributed by atoms with Crippen LogP contribution in [-0.2, 0) is 11.3 Å². The minimum absolute atomic E-state index is 0. The number of likely N-dealkylation sites (tertiary alicyclic amines) is 1. The monoisotopic (exact) mass is 552 g/mol. The molecule has 32 heavy (non-hydrogen) atoms. The van der Waals surface area contributed by atoms with E-state index in [2.05, 4.69) is 20.5 Å². The van der Waals surface area contributed by atoms with Gasteiger partial charge in [-0.25, -0.2) is 0 Å². The van der Waals surface area contributed by atoms with Crippen LogP contribution >= 0.6 is 24.0 Å². The fraction of sp³-hybridized carbons (Fsp3) is 0.417. The SMILES string of the molecule is CCNC(=O)COc1cccc(CNC(=NC)N2CCC(Oc3ccccc3)CC2)c1.I. The molecule has 1 saturated heterocycles. The summed E-state index contributed by atoms with van der Waals surface area (Å²) in [6.07, 6.45) is 2.15. The zero-order valence-corrected chi connectivity index (χ0v) is 21.1. The van der Waals surface area contributed by atoms with Gasteiger partial charge in [0.15, 0.2) is 12.6 Å². The average Bonchev–Trinajstić information content (AvgIpc) is 2.80. The van der Waals surface area contributed by atoms with Crippen molar-refractivity contribution in [3.05, 3.63) is 60.2 Å². The Morgan fingerprint density at radius 3 is 2.47 bits per heavy atom. The van der Waals surface area contributed by atoms with Gasteiger partial charge >= 0.3 is 0 Å². The van der Waals surface area contributed by atoms with Crippen LogP contribution in [0.1, 0.15) is 25.3 Å². The molecule has 7 nitrogen and oxygen atoms in total. The third-order valence-corrected chi connectivity index (χ3v) is 5.09. The number of para-hydroxylation sites is 1. The molecule has 2 aromatic carbocycles. The largest absolute Gasteiger partial charge is 0.490 e. The van der Waals surface area contributed by atoms with Gasteiger partial charge in [0.2, 0.25) is 0 Å². The molecule has 2 N–H and O–H groups in total. The topological polar surface area (TPSA) is 75.2 Å². The molecule has 0 spiro atoms. The average molecular weight is 552 g/mol. The fourth-order valence-electron chi connectivity index (χ4n) is 3.53. The molecule has 174 valence electrons. The number of likely N-dealkylation sites (N-methyl/N-ethyl adjacent to an activating group) is 1. The van der Waals surface area contributed by atoms with Gasteiger partial charge in [-0.2, -0.15) is 0 Å². The molecule has 0 unspecified atom stereocenters. The van der Waals surface area contributed by atoms with Crippen LogP contribution in [0.3, 0.4) is 0 Å². The van der Waals surface area contributed by atoms with E-state index >= 15 is 0 Å². The normalized spacial score (nSPS) is 14.3. The number of nitrogens with one attached hydrogen (secondary N) is 2. The first-order valence-corrected chi connectivity index (χ1v) is 10.8. The number of ether oxygens (including phenoxy) is 2. The first-order chi connectivity index (χ1) is 15.2. The van der Waals surface area contributed by atoms with Gasteiger partial charge in [-0.3, -0.25) is 9.79 Å². The van der Waals surface area contributed by atoms with E-state index in [1.165, 1.54) is 0 Å². The lowest BCUT2D eigenvalue weighted by Gasteiger charge is -2.34. The van der Waals surface area contributed by atoms with Crippen LogP contribution in [0.4, 0.5) is 0 Å². The third-order valence-electron chi connectivity index (χ3n) is 5.09. The Kier molecular flexibility index (Phi) is 11.1. The van der Waals surface area contributed by atoms with E-state index in [0.717, 1.165) is 43.2 Å². The molecule has 1 fully saturated rings. The van der Waals surface area contributed by atoms with Crippen molar-refractivity contribution in [3.63, 3.8) is 0 Å². The molecule has 1 aliphatic heterocycles. The molecule has 1 heterocycles. The predicted octanol–water partition coefficient (Wildman–Crippen LogP) is 3.44. The highest BCUT2D eigenvalue weighted by molar-refractivity contribution is 14.0. The molecule has 0 bridgehead atoms. The van der Waals surface area contributed by atoms with Gasteiger partial charge in [0, 0.05) is 46.1 Å². The molecule has 0 saturated carbocycles. The van der Waals surface area contributed by atoms with Gasteiger partial charge in [0.05, 0.1) is 0 Å². The van der Waals surface area contributed by atoms with Gasteiger partial charge in [0.25, 0.3) is 5.91 Å². The summed E-state index contributed by atoms with van der Waals surface area (Å²) in [5.74, 6) is 2.37. The van der Waals surface area contributed by atoms with Crippen LogP contribution in [0, 0.1) is 0 Å². The maximum atomic E-state index is 11.6. The Morgan fingerprint density at radius 2 is 1.78 bits per heavy atom. The summed E-state index contributed by atoms with van der Waals surface area (Å²) in [6, 6.07) is 17.7. The van der Waals surface area contributed by atoms with Gasteiger partial charge in [-0.15, -0.1) is 24.0 Å². The molecule has 8 heteroatoms. The molecule has 1 aliphatic rings. The lowest BCUT2D eigenvalue weighted by atomic mass is 10.1. The summed E-state index contributed by atoms with van der Waals surface area (Å²) in [5, 5.41) is 6.16. The van der Waals surface area contributed by atoms with E-state index in [4.69, 9.17) is 9.47 Å². The molecule has 3 rings (SSSR count). The van der Waals surface area contributed by atoms with Crippen molar-refractivity contribution in [3.8, 4) is 11.5 Å². The summed E-state index contributed by atoms with van der Waals surface area (Å²) in [6.45, 7) is 4.92. The number of nitrogens with zero attached hydrogens (tertiary/aromatic N) is 2. The number of hydrogen-bond donors (Lipinski definition) is 2. The summed E-state index contributed by atoms with van der Waals surface area (Å²) < 4.78 is 11.7. The summed E-state index contributed by atoms with van der Waals surface area (Å²) in [7, 11) is 1.81. The third kappa shape index (κ3) is 8.22.